The minimum absolute atomic E-state index is 0.116. The number of methoxy groups -OCH3 is 1. The van der Waals surface area contributed by atoms with Gasteiger partial charge < -0.3 is 14.4 Å². The number of rotatable bonds is 4. The average molecular weight is 359 g/mol. The third-order valence-corrected chi connectivity index (χ3v) is 4.34. The quantitative estimate of drug-likeness (QED) is 0.785. The van der Waals surface area contributed by atoms with Crippen LogP contribution in [0, 0.1) is 0 Å². The molecule has 1 fully saturated rings. The van der Waals surface area contributed by atoms with Gasteiger partial charge in [-0.05, 0) is 35.9 Å². The molecule has 6 heteroatoms. The molecule has 0 aliphatic carbocycles. The molecular formula is C19H19ClN2O3. The van der Waals surface area contributed by atoms with Crippen molar-refractivity contribution in [2.45, 2.75) is 6.04 Å². The van der Waals surface area contributed by atoms with Crippen LogP contribution in [0.5, 0.6) is 5.88 Å². The lowest BCUT2D eigenvalue weighted by molar-refractivity contribution is -0.134. The molecule has 2 heterocycles. The van der Waals surface area contributed by atoms with Crippen LogP contribution in [0.15, 0.2) is 49.1 Å². The zero-order valence-corrected chi connectivity index (χ0v) is 14.7. The number of amides is 1. The third-order valence-electron chi connectivity index (χ3n) is 4.12. The monoisotopic (exact) mass is 358 g/mol. The van der Waals surface area contributed by atoms with E-state index in [1.165, 1.54) is 6.08 Å². The van der Waals surface area contributed by atoms with E-state index in [9.17, 15) is 4.79 Å². The maximum Gasteiger partial charge on any atom is 0.246 e. The molecular weight excluding hydrogens is 340 g/mol. The number of hydrogen-bond donors (Lipinski definition) is 0. The van der Waals surface area contributed by atoms with Gasteiger partial charge in [0.15, 0.2) is 0 Å². The molecule has 0 bridgehead atoms. The van der Waals surface area contributed by atoms with Crippen LogP contribution in [0.2, 0.25) is 5.02 Å². The fourth-order valence-electron chi connectivity index (χ4n) is 2.90. The van der Waals surface area contributed by atoms with E-state index in [0.717, 1.165) is 16.8 Å². The molecule has 0 spiro atoms. The Kier molecular flexibility index (Phi) is 5.36. The Balaban J connectivity index is 2.00. The van der Waals surface area contributed by atoms with E-state index in [1.807, 2.05) is 30.3 Å². The van der Waals surface area contributed by atoms with Gasteiger partial charge in [-0.1, -0.05) is 24.2 Å². The van der Waals surface area contributed by atoms with Crippen LogP contribution in [0.4, 0.5) is 0 Å². The second kappa shape index (κ2) is 7.68. The largest absolute Gasteiger partial charge is 0.481 e. The summed E-state index contributed by atoms with van der Waals surface area (Å²) in [5, 5.41) is 0.577. The molecule has 1 aromatic heterocycles. The number of halogens is 1. The predicted octanol–water partition coefficient (Wildman–Crippen LogP) is 3.50. The molecule has 1 atom stereocenters. The second-order valence-corrected chi connectivity index (χ2v) is 6.10. The van der Waals surface area contributed by atoms with Crippen LogP contribution in [-0.4, -0.2) is 42.7 Å². The van der Waals surface area contributed by atoms with E-state index >= 15 is 0 Å². The highest BCUT2D eigenvalue weighted by atomic mass is 35.5. The summed E-state index contributed by atoms with van der Waals surface area (Å²) in [6.07, 6.45) is 1.33. The summed E-state index contributed by atoms with van der Waals surface area (Å²) in [5.74, 6) is 0.415. The highest BCUT2D eigenvalue weighted by molar-refractivity contribution is 6.31. The number of morpholine rings is 1. The topological polar surface area (TPSA) is 51.7 Å². The molecule has 25 heavy (non-hydrogen) atoms. The number of carbonyl (C=O) groups is 1. The SMILES string of the molecule is C=CC(=O)N1CCOC[C@H]1c1cc(Cl)cc(-c2cccc(OC)n2)c1. The maximum absolute atomic E-state index is 12.2. The fraction of sp³-hybridized carbons (Fsp3) is 0.263. The first-order chi connectivity index (χ1) is 12.1. The number of ether oxygens (including phenoxy) is 2. The van der Waals surface area contributed by atoms with Crippen molar-refractivity contribution in [2.75, 3.05) is 26.9 Å². The van der Waals surface area contributed by atoms with Gasteiger partial charge >= 0.3 is 0 Å². The Bertz CT molecular complexity index is 794. The average Bonchev–Trinajstić information content (AvgIpc) is 2.67. The summed E-state index contributed by atoms with van der Waals surface area (Å²) in [5.41, 5.74) is 2.52. The molecule has 0 unspecified atom stereocenters. The molecule has 2 aromatic rings. The number of aromatic nitrogens is 1. The van der Waals surface area contributed by atoms with Gasteiger partial charge in [-0.3, -0.25) is 4.79 Å². The van der Waals surface area contributed by atoms with Gasteiger partial charge in [0.05, 0.1) is 32.1 Å². The van der Waals surface area contributed by atoms with Crippen LogP contribution >= 0.6 is 11.6 Å². The zero-order valence-electron chi connectivity index (χ0n) is 13.9. The van der Waals surface area contributed by atoms with Crippen molar-refractivity contribution in [1.29, 1.82) is 0 Å². The van der Waals surface area contributed by atoms with Crippen LogP contribution in [0.3, 0.4) is 0 Å². The van der Waals surface area contributed by atoms with Gasteiger partial charge in [0.25, 0.3) is 0 Å². The van der Waals surface area contributed by atoms with Crippen molar-refractivity contribution in [3.63, 3.8) is 0 Å². The minimum atomic E-state index is -0.206. The summed E-state index contributed by atoms with van der Waals surface area (Å²) in [4.78, 5) is 18.4. The number of carbonyl (C=O) groups excluding carboxylic acids is 1. The standard InChI is InChI=1S/C19H19ClN2O3/c1-3-19(23)22-7-8-25-12-17(22)14-9-13(10-15(20)11-14)16-5-4-6-18(21-16)24-2/h3-6,9-11,17H,1,7-8,12H2,2H3/t17-/m0/s1. The number of benzene rings is 1. The van der Waals surface area contributed by atoms with Crippen LogP contribution in [-0.2, 0) is 9.53 Å². The van der Waals surface area contributed by atoms with Gasteiger partial charge in [-0.25, -0.2) is 4.98 Å². The van der Waals surface area contributed by atoms with Crippen molar-refractivity contribution in [3.8, 4) is 17.1 Å². The Morgan fingerprint density at radius 1 is 1.44 bits per heavy atom. The molecule has 0 saturated carbocycles. The second-order valence-electron chi connectivity index (χ2n) is 5.66. The molecule has 0 radical (unpaired) electrons. The van der Waals surface area contributed by atoms with E-state index in [2.05, 4.69) is 11.6 Å². The Labute approximate surface area is 151 Å². The van der Waals surface area contributed by atoms with E-state index in [-0.39, 0.29) is 11.9 Å². The smallest absolute Gasteiger partial charge is 0.246 e. The minimum Gasteiger partial charge on any atom is -0.481 e. The highest BCUT2D eigenvalue weighted by Gasteiger charge is 2.27. The van der Waals surface area contributed by atoms with Gasteiger partial charge in [0, 0.05) is 23.2 Å². The first kappa shape index (κ1) is 17.5. The molecule has 0 N–H and O–H groups in total. The summed E-state index contributed by atoms with van der Waals surface area (Å²) in [6.45, 7) is 5.04. The maximum atomic E-state index is 12.2. The highest BCUT2D eigenvalue weighted by Crippen LogP contribution is 2.31. The van der Waals surface area contributed by atoms with Crippen LogP contribution in [0.1, 0.15) is 11.6 Å². The van der Waals surface area contributed by atoms with Crippen LogP contribution in [0.25, 0.3) is 11.3 Å². The van der Waals surface area contributed by atoms with E-state index in [1.54, 1.807) is 18.1 Å². The van der Waals surface area contributed by atoms with E-state index in [0.29, 0.717) is 30.7 Å². The third kappa shape index (κ3) is 3.83. The molecule has 1 aromatic carbocycles. The van der Waals surface area contributed by atoms with Crippen molar-refractivity contribution in [3.05, 3.63) is 59.6 Å². The molecule has 1 aliphatic rings. The van der Waals surface area contributed by atoms with E-state index < -0.39 is 0 Å². The lowest BCUT2D eigenvalue weighted by Gasteiger charge is -2.35. The van der Waals surface area contributed by atoms with Crippen molar-refractivity contribution in [2.24, 2.45) is 0 Å². The molecule has 1 aliphatic heterocycles. The first-order valence-electron chi connectivity index (χ1n) is 7.95. The predicted molar refractivity (Wildman–Crippen MR) is 96.7 cm³/mol. The van der Waals surface area contributed by atoms with Gasteiger partial charge in [-0.15, -0.1) is 0 Å². The number of pyridine rings is 1. The Morgan fingerprint density at radius 2 is 2.28 bits per heavy atom. The molecule has 130 valence electrons. The molecule has 5 nitrogen and oxygen atoms in total. The Hall–Kier alpha value is -2.37. The van der Waals surface area contributed by atoms with Gasteiger partial charge in [0.1, 0.15) is 0 Å². The van der Waals surface area contributed by atoms with Gasteiger partial charge in [-0.2, -0.15) is 0 Å². The summed E-state index contributed by atoms with van der Waals surface area (Å²) < 4.78 is 10.8. The first-order valence-corrected chi connectivity index (χ1v) is 8.33. The number of hydrogen-bond acceptors (Lipinski definition) is 4. The van der Waals surface area contributed by atoms with Crippen molar-refractivity contribution >= 4 is 17.5 Å². The van der Waals surface area contributed by atoms with Crippen LogP contribution < -0.4 is 4.74 Å². The summed E-state index contributed by atoms with van der Waals surface area (Å²) >= 11 is 6.33. The van der Waals surface area contributed by atoms with Gasteiger partial charge in [0.2, 0.25) is 11.8 Å². The van der Waals surface area contributed by atoms with Crippen molar-refractivity contribution < 1.29 is 14.3 Å². The lowest BCUT2D eigenvalue weighted by atomic mass is 10.00. The zero-order chi connectivity index (χ0) is 17.8. The summed E-state index contributed by atoms with van der Waals surface area (Å²) in [6, 6.07) is 11.0. The summed E-state index contributed by atoms with van der Waals surface area (Å²) in [7, 11) is 1.58. The van der Waals surface area contributed by atoms with Crippen molar-refractivity contribution in [1.82, 2.24) is 9.88 Å². The number of nitrogens with zero attached hydrogens (tertiary/aromatic N) is 2. The molecule has 1 saturated heterocycles. The normalized spacial score (nSPS) is 17.2. The Morgan fingerprint density at radius 3 is 3.04 bits per heavy atom. The fourth-order valence-corrected chi connectivity index (χ4v) is 3.15. The van der Waals surface area contributed by atoms with E-state index in [4.69, 9.17) is 21.1 Å². The molecule has 1 amide bonds. The lowest BCUT2D eigenvalue weighted by Crippen LogP contribution is -2.42. The molecule has 3 rings (SSSR count).